The van der Waals surface area contributed by atoms with Gasteiger partial charge in [0.25, 0.3) is 11.8 Å². The van der Waals surface area contributed by atoms with Crippen LogP contribution in [-0.2, 0) is 9.59 Å². The number of carbonyl (C=O) groups is 2. The van der Waals surface area contributed by atoms with Crippen LogP contribution >= 0.6 is 47.0 Å². The number of nitrogens with zero attached hydrogens (tertiary/aromatic N) is 2. The van der Waals surface area contributed by atoms with Crippen molar-refractivity contribution < 1.29 is 9.59 Å². The number of hydrogen-bond donors (Lipinski definition) is 1. The molecule has 33 heavy (non-hydrogen) atoms. The molecule has 5 nitrogen and oxygen atoms in total. The van der Waals surface area contributed by atoms with Gasteiger partial charge in [0.1, 0.15) is 5.57 Å². The molecule has 0 aliphatic carbocycles. The normalized spacial score (nSPS) is 15.4. The van der Waals surface area contributed by atoms with Gasteiger partial charge >= 0.3 is 0 Å². The Kier molecular flexibility index (Phi) is 6.38. The molecule has 0 spiro atoms. The predicted octanol–water partition coefficient (Wildman–Crippen LogP) is 6.19. The van der Waals surface area contributed by atoms with Gasteiger partial charge in [-0.25, -0.2) is 0 Å². The molecule has 4 rings (SSSR count). The minimum Gasteiger partial charge on any atom is -0.316 e. The van der Waals surface area contributed by atoms with E-state index < -0.39 is 11.8 Å². The highest BCUT2D eigenvalue weighted by Gasteiger charge is 2.35. The largest absolute Gasteiger partial charge is 0.316 e. The fourth-order valence-electron chi connectivity index (χ4n) is 3.73. The number of amides is 2. The summed E-state index contributed by atoms with van der Waals surface area (Å²) in [5.41, 5.74) is 4.35. The summed E-state index contributed by atoms with van der Waals surface area (Å²) in [6, 6.07) is 12.2. The van der Waals surface area contributed by atoms with E-state index in [1.807, 2.05) is 31.4 Å². The van der Waals surface area contributed by atoms with E-state index in [1.165, 1.54) is 4.90 Å². The van der Waals surface area contributed by atoms with Crippen molar-refractivity contribution in [3.63, 3.8) is 0 Å². The minimum atomic E-state index is -0.565. The molecule has 9 heteroatoms. The van der Waals surface area contributed by atoms with Crippen molar-refractivity contribution in [2.45, 2.75) is 20.8 Å². The van der Waals surface area contributed by atoms with Crippen molar-refractivity contribution in [1.82, 2.24) is 9.88 Å². The molecule has 1 aliphatic heterocycles. The molecule has 168 valence electrons. The first-order valence-corrected chi connectivity index (χ1v) is 11.4. The van der Waals surface area contributed by atoms with Crippen LogP contribution in [-0.4, -0.2) is 21.5 Å². The molecule has 1 aliphatic rings. The Bertz CT molecular complexity index is 1380. The Morgan fingerprint density at radius 1 is 0.939 bits per heavy atom. The second-order valence-corrected chi connectivity index (χ2v) is 9.29. The molecule has 0 saturated carbocycles. The van der Waals surface area contributed by atoms with Gasteiger partial charge in [-0.1, -0.05) is 40.9 Å². The fourth-order valence-corrected chi connectivity index (χ4v) is 4.55. The smallest absolute Gasteiger partial charge is 0.270 e. The van der Waals surface area contributed by atoms with Crippen LogP contribution in [0, 0.1) is 20.8 Å². The number of carbonyl (C=O) groups excluding carboxylic acids is 2. The van der Waals surface area contributed by atoms with Gasteiger partial charge in [-0.05, 0) is 86.6 Å². The zero-order valence-corrected chi connectivity index (χ0v) is 21.0. The van der Waals surface area contributed by atoms with Crippen molar-refractivity contribution in [2.75, 3.05) is 4.90 Å². The van der Waals surface area contributed by atoms with E-state index in [2.05, 4.69) is 5.32 Å². The third-order valence-corrected chi connectivity index (χ3v) is 6.68. The lowest BCUT2D eigenvalue weighted by atomic mass is 10.1. The summed E-state index contributed by atoms with van der Waals surface area (Å²) in [7, 11) is 0. The van der Waals surface area contributed by atoms with Crippen molar-refractivity contribution in [1.29, 1.82) is 0 Å². The standard InChI is InChI=1S/C24H18Cl3N3O2S/c1-12-4-6-17(11-20(12)27)30-23(32)18(22(31)28-24(30)33)9-15-8-13(2)29(14(15)3)21-10-16(25)5-7-19(21)26/h4-11H,1-3H3,(H,28,31,33)/b18-9+. The molecule has 1 saturated heterocycles. The first-order valence-electron chi connectivity index (χ1n) is 9.90. The van der Waals surface area contributed by atoms with E-state index in [0.29, 0.717) is 32.0 Å². The lowest BCUT2D eigenvalue weighted by molar-refractivity contribution is -0.122. The van der Waals surface area contributed by atoms with E-state index in [1.54, 1.807) is 42.5 Å². The highest BCUT2D eigenvalue weighted by molar-refractivity contribution is 7.80. The molecular formula is C24H18Cl3N3O2S. The van der Waals surface area contributed by atoms with E-state index in [-0.39, 0.29) is 10.7 Å². The Morgan fingerprint density at radius 3 is 2.36 bits per heavy atom. The highest BCUT2D eigenvalue weighted by atomic mass is 35.5. The van der Waals surface area contributed by atoms with Crippen LogP contribution in [0.15, 0.2) is 48.0 Å². The summed E-state index contributed by atoms with van der Waals surface area (Å²) < 4.78 is 1.92. The third-order valence-electron chi connectivity index (χ3n) is 5.43. The molecule has 0 bridgehead atoms. The molecule has 1 aromatic heterocycles. The second-order valence-electron chi connectivity index (χ2n) is 7.65. The van der Waals surface area contributed by atoms with Crippen LogP contribution in [0.3, 0.4) is 0 Å². The number of anilines is 1. The van der Waals surface area contributed by atoms with Crippen molar-refractivity contribution in [3.8, 4) is 5.69 Å². The molecule has 0 atom stereocenters. The number of nitrogens with one attached hydrogen (secondary N) is 1. The quantitative estimate of drug-likeness (QED) is 0.255. The number of rotatable bonds is 3. The average molecular weight is 519 g/mol. The summed E-state index contributed by atoms with van der Waals surface area (Å²) >= 11 is 24.1. The average Bonchev–Trinajstić information content (AvgIpc) is 3.02. The van der Waals surface area contributed by atoms with Gasteiger partial charge in [0.05, 0.1) is 16.4 Å². The van der Waals surface area contributed by atoms with Gasteiger partial charge in [-0.15, -0.1) is 0 Å². The zero-order valence-electron chi connectivity index (χ0n) is 17.9. The first kappa shape index (κ1) is 23.5. The molecule has 1 N–H and O–H groups in total. The molecule has 0 radical (unpaired) electrons. The van der Waals surface area contributed by atoms with E-state index in [4.69, 9.17) is 47.0 Å². The van der Waals surface area contributed by atoms with Crippen LogP contribution in [0.4, 0.5) is 5.69 Å². The summed E-state index contributed by atoms with van der Waals surface area (Å²) in [6.07, 6.45) is 1.56. The topological polar surface area (TPSA) is 54.3 Å². The predicted molar refractivity (Wildman–Crippen MR) is 138 cm³/mol. The van der Waals surface area contributed by atoms with E-state index >= 15 is 0 Å². The maximum atomic E-state index is 13.3. The Balaban J connectivity index is 1.79. The molecular weight excluding hydrogens is 501 g/mol. The number of hydrogen-bond acceptors (Lipinski definition) is 3. The molecule has 3 aromatic rings. The van der Waals surface area contributed by atoms with Crippen LogP contribution < -0.4 is 10.2 Å². The molecule has 2 heterocycles. The number of halogens is 3. The monoisotopic (exact) mass is 517 g/mol. The number of thiocarbonyl (C=S) groups is 1. The molecule has 2 aromatic carbocycles. The fraction of sp³-hybridized carbons (Fsp3) is 0.125. The van der Waals surface area contributed by atoms with Gasteiger partial charge in [0, 0.05) is 21.4 Å². The van der Waals surface area contributed by atoms with Gasteiger partial charge in [0.2, 0.25) is 0 Å². The number of aromatic nitrogens is 1. The first-order chi connectivity index (χ1) is 15.6. The number of aryl methyl sites for hydroxylation is 2. The summed E-state index contributed by atoms with van der Waals surface area (Å²) in [4.78, 5) is 27.3. The van der Waals surface area contributed by atoms with Crippen LogP contribution in [0.5, 0.6) is 0 Å². The molecule has 2 amide bonds. The van der Waals surface area contributed by atoms with Crippen molar-refractivity contribution in [2.24, 2.45) is 0 Å². The van der Waals surface area contributed by atoms with E-state index in [9.17, 15) is 9.59 Å². The van der Waals surface area contributed by atoms with E-state index in [0.717, 1.165) is 17.0 Å². The number of benzene rings is 2. The van der Waals surface area contributed by atoms with Crippen LogP contribution in [0.2, 0.25) is 15.1 Å². The van der Waals surface area contributed by atoms with Crippen LogP contribution in [0.25, 0.3) is 11.8 Å². The van der Waals surface area contributed by atoms with Gasteiger partial charge in [0.15, 0.2) is 5.11 Å². The van der Waals surface area contributed by atoms with Gasteiger partial charge < -0.3 is 4.57 Å². The Labute approximate surface area is 211 Å². The zero-order chi connectivity index (χ0) is 24.0. The molecule has 1 fully saturated rings. The SMILES string of the molecule is Cc1ccc(N2C(=O)/C(=C/c3cc(C)n(-c4cc(Cl)ccc4Cl)c3C)C(=O)NC2=S)cc1Cl. The maximum absolute atomic E-state index is 13.3. The summed E-state index contributed by atoms with van der Waals surface area (Å²) in [5, 5.41) is 4.16. The summed E-state index contributed by atoms with van der Waals surface area (Å²) in [5.74, 6) is -1.10. The third kappa shape index (κ3) is 4.32. The minimum absolute atomic E-state index is 0.00162. The Morgan fingerprint density at radius 2 is 1.67 bits per heavy atom. The van der Waals surface area contributed by atoms with Gasteiger partial charge in [-0.3, -0.25) is 19.8 Å². The highest BCUT2D eigenvalue weighted by Crippen LogP contribution is 2.31. The Hall–Kier alpha value is -2.64. The van der Waals surface area contributed by atoms with Crippen molar-refractivity contribution in [3.05, 3.63) is 85.6 Å². The lowest BCUT2D eigenvalue weighted by Gasteiger charge is -2.29. The summed E-state index contributed by atoms with van der Waals surface area (Å²) in [6.45, 7) is 5.65. The van der Waals surface area contributed by atoms with Gasteiger partial charge in [-0.2, -0.15) is 0 Å². The second kappa shape index (κ2) is 8.95. The molecule has 0 unspecified atom stereocenters. The lowest BCUT2D eigenvalue weighted by Crippen LogP contribution is -2.54. The maximum Gasteiger partial charge on any atom is 0.270 e. The van der Waals surface area contributed by atoms with Crippen LogP contribution in [0.1, 0.15) is 22.5 Å². The van der Waals surface area contributed by atoms with Crippen molar-refractivity contribution >= 4 is 75.7 Å².